The molecule has 0 bridgehead atoms. The molecule has 0 aliphatic heterocycles. The Morgan fingerprint density at radius 2 is 1.93 bits per heavy atom. The summed E-state index contributed by atoms with van der Waals surface area (Å²) in [6.45, 7) is 3.27. The molecule has 6 nitrogen and oxygen atoms in total. The summed E-state index contributed by atoms with van der Waals surface area (Å²) in [6, 6.07) is 12.6. The van der Waals surface area contributed by atoms with E-state index in [1.807, 2.05) is 35.9 Å². The van der Waals surface area contributed by atoms with Crippen molar-refractivity contribution >= 4 is 23.2 Å². The number of rotatable bonds is 7. The van der Waals surface area contributed by atoms with Gasteiger partial charge in [0, 0.05) is 42.4 Å². The first-order valence-electron chi connectivity index (χ1n) is 9.34. The lowest BCUT2D eigenvalue weighted by molar-refractivity contribution is 0.0936. The van der Waals surface area contributed by atoms with Crippen LogP contribution in [-0.2, 0) is 11.3 Å². The van der Waals surface area contributed by atoms with Gasteiger partial charge < -0.3 is 14.6 Å². The molecule has 1 aromatic heterocycles. The summed E-state index contributed by atoms with van der Waals surface area (Å²) in [7, 11) is 1.58. The molecule has 3 aromatic rings. The Kier molecular flexibility index (Phi) is 7.26. The summed E-state index contributed by atoms with van der Waals surface area (Å²) in [6.07, 6.45) is 1.91. The lowest BCUT2D eigenvalue weighted by Gasteiger charge is -2.08. The number of hydrogen-bond donors (Lipinski definition) is 1. The van der Waals surface area contributed by atoms with Gasteiger partial charge in [0.05, 0.1) is 6.61 Å². The number of halogens is 1. The third-order valence-electron chi connectivity index (χ3n) is 4.26. The van der Waals surface area contributed by atoms with Crippen molar-refractivity contribution in [2.75, 3.05) is 20.3 Å². The van der Waals surface area contributed by atoms with Gasteiger partial charge in [-0.3, -0.25) is 9.59 Å². The molecular formula is C22H22FN3O3S. The molecule has 0 aliphatic rings. The van der Waals surface area contributed by atoms with Crippen molar-refractivity contribution in [3.8, 4) is 0 Å². The lowest BCUT2D eigenvalue weighted by Crippen LogP contribution is -2.27. The van der Waals surface area contributed by atoms with E-state index in [1.54, 1.807) is 13.2 Å². The highest BCUT2D eigenvalue weighted by Crippen LogP contribution is 2.10. The Balaban J connectivity index is 1.81. The summed E-state index contributed by atoms with van der Waals surface area (Å²) in [5, 5.41) is 2.80. The van der Waals surface area contributed by atoms with Gasteiger partial charge in [0.1, 0.15) is 5.82 Å². The zero-order chi connectivity index (χ0) is 21.5. The van der Waals surface area contributed by atoms with Crippen LogP contribution in [0.4, 0.5) is 4.39 Å². The zero-order valence-corrected chi connectivity index (χ0v) is 17.5. The van der Waals surface area contributed by atoms with Gasteiger partial charge in [-0.15, -0.1) is 11.3 Å². The fourth-order valence-corrected chi connectivity index (χ4v) is 3.66. The Bertz CT molecular complexity index is 1100. The first kappa shape index (κ1) is 21.6. The molecule has 8 heteroatoms. The molecule has 156 valence electrons. The van der Waals surface area contributed by atoms with Crippen molar-refractivity contribution in [3.05, 3.63) is 86.9 Å². The molecular weight excluding hydrogens is 405 g/mol. The average molecular weight is 428 g/mol. The summed E-state index contributed by atoms with van der Waals surface area (Å²) in [5.74, 6) is -1.01. The molecule has 0 spiro atoms. The van der Waals surface area contributed by atoms with Crippen molar-refractivity contribution in [2.24, 2.45) is 4.99 Å². The van der Waals surface area contributed by atoms with Crippen LogP contribution in [-0.4, -0.2) is 36.6 Å². The molecule has 0 aliphatic carbocycles. The van der Waals surface area contributed by atoms with Gasteiger partial charge in [-0.2, -0.15) is 4.99 Å². The van der Waals surface area contributed by atoms with E-state index >= 15 is 0 Å². The van der Waals surface area contributed by atoms with Crippen LogP contribution in [0.15, 0.2) is 59.7 Å². The topological polar surface area (TPSA) is 72.7 Å². The molecule has 0 saturated carbocycles. The third kappa shape index (κ3) is 5.71. The van der Waals surface area contributed by atoms with Crippen molar-refractivity contribution < 1.29 is 18.7 Å². The van der Waals surface area contributed by atoms with Crippen LogP contribution in [0.25, 0.3) is 0 Å². The zero-order valence-electron chi connectivity index (χ0n) is 16.7. The molecule has 2 amide bonds. The number of carbonyl (C=O) groups is 2. The number of nitrogens with one attached hydrogen (secondary N) is 1. The highest BCUT2D eigenvalue weighted by molar-refractivity contribution is 7.09. The monoisotopic (exact) mass is 427 g/mol. The molecule has 0 radical (unpaired) electrons. The van der Waals surface area contributed by atoms with E-state index < -0.39 is 11.7 Å². The Morgan fingerprint density at radius 1 is 1.17 bits per heavy atom. The number of nitrogens with zero attached hydrogens (tertiary/aromatic N) is 2. The van der Waals surface area contributed by atoms with Gasteiger partial charge in [0.25, 0.3) is 11.8 Å². The highest BCUT2D eigenvalue weighted by atomic mass is 32.1. The van der Waals surface area contributed by atoms with Gasteiger partial charge in [-0.05, 0) is 48.9 Å². The van der Waals surface area contributed by atoms with Crippen LogP contribution >= 0.6 is 11.3 Å². The normalized spacial score (nSPS) is 11.5. The van der Waals surface area contributed by atoms with Crippen molar-refractivity contribution in [1.29, 1.82) is 0 Å². The minimum absolute atomic E-state index is 0.170. The molecule has 0 fully saturated rings. The molecule has 1 N–H and O–H groups in total. The number of methoxy groups -OCH3 is 1. The minimum atomic E-state index is -0.433. The van der Waals surface area contributed by atoms with Crippen LogP contribution in [0, 0.1) is 12.7 Å². The maximum atomic E-state index is 13.1. The van der Waals surface area contributed by atoms with Crippen LogP contribution < -0.4 is 10.1 Å². The number of aromatic nitrogens is 1. The minimum Gasteiger partial charge on any atom is -0.383 e. The number of amides is 2. The fourth-order valence-electron chi connectivity index (χ4n) is 2.82. The molecule has 30 heavy (non-hydrogen) atoms. The van der Waals surface area contributed by atoms with E-state index in [0.29, 0.717) is 35.6 Å². The fraction of sp³-hybridized carbons (Fsp3) is 0.227. The second kappa shape index (κ2) is 10.1. The number of aryl methyl sites for hydroxylation is 1. The van der Waals surface area contributed by atoms with E-state index in [0.717, 1.165) is 10.4 Å². The molecule has 2 aromatic carbocycles. The van der Waals surface area contributed by atoms with E-state index in [2.05, 4.69) is 10.3 Å². The lowest BCUT2D eigenvalue weighted by atomic mass is 10.1. The number of hydrogen-bond acceptors (Lipinski definition) is 4. The van der Waals surface area contributed by atoms with Crippen molar-refractivity contribution in [2.45, 2.75) is 13.5 Å². The Labute approximate surface area is 177 Å². The maximum absolute atomic E-state index is 13.1. The van der Waals surface area contributed by atoms with E-state index in [4.69, 9.17) is 4.74 Å². The number of thiazole rings is 1. The summed E-state index contributed by atoms with van der Waals surface area (Å²) >= 11 is 1.39. The second-order valence-corrected chi connectivity index (χ2v) is 7.84. The number of benzene rings is 2. The SMILES string of the molecule is COCCNC(=O)c1cccc(Cn2cc(C)sc2=NC(=O)c2ccc(F)cc2)c1. The molecule has 3 rings (SSSR count). The molecule has 0 saturated heterocycles. The average Bonchev–Trinajstić information content (AvgIpc) is 3.07. The van der Waals surface area contributed by atoms with E-state index in [9.17, 15) is 14.0 Å². The predicted octanol–water partition coefficient (Wildman–Crippen LogP) is 3.16. The summed E-state index contributed by atoms with van der Waals surface area (Å²) in [4.78, 5) is 30.5. The molecule has 1 heterocycles. The maximum Gasteiger partial charge on any atom is 0.279 e. The predicted molar refractivity (Wildman–Crippen MR) is 113 cm³/mol. The van der Waals surface area contributed by atoms with Gasteiger partial charge >= 0.3 is 0 Å². The van der Waals surface area contributed by atoms with Crippen molar-refractivity contribution in [3.63, 3.8) is 0 Å². The standard InChI is InChI=1S/C22H22FN3O3S/c1-15-13-26(22(30-15)25-21(28)17-6-8-19(23)9-7-17)14-16-4-3-5-18(12-16)20(27)24-10-11-29-2/h3-9,12-13H,10-11,14H2,1-2H3,(H,24,27). The molecule has 0 unspecified atom stereocenters. The summed E-state index contributed by atoms with van der Waals surface area (Å²) in [5.41, 5.74) is 1.78. The number of carbonyl (C=O) groups excluding carboxylic acids is 2. The number of ether oxygens (including phenoxy) is 1. The summed E-state index contributed by atoms with van der Waals surface area (Å²) < 4.78 is 19.9. The third-order valence-corrected chi connectivity index (χ3v) is 5.19. The van der Waals surface area contributed by atoms with E-state index in [1.165, 1.54) is 35.6 Å². The van der Waals surface area contributed by atoms with Crippen LogP contribution in [0.5, 0.6) is 0 Å². The first-order chi connectivity index (χ1) is 14.5. The quantitative estimate of drug-likeness (QED) is 0.589. The van der Waals surface area contributed by atoms with Gasteiger partial charge in [0.15, 0.2) is 4.80 Å². The van der Waals surface area contributed by atoms with E-state index in [-0.39, 0.29) is 5.91 Å². The first-order valence-corrected chi connectivity index (χ1v) is 10.2. The second-order valence-electron chi connectivity index (χ2n) is 6.63. The van der Waals surface area contributed by atoms with Crippen LogP contribution in [0.1, 0.15) is 31.2 Å². The van der Waals surface area contributed by atoms with Gasteiger partial charge in [0.2, 0.25) is 0 Å². The van der Waals surface area contributed by atoms with Crippen LogP contribution in [0.2, 0.25) is 0 Å². The highest BCUT2D eigenvalue weighted by Gasteiger charge is 2.09. The van der Waals surface area contributed by atoms with Gasteiger partial charge in [-0.1, -0.05) is 12.1 Å². The Hall–Kier alpha value is -3.10. The molecule has 0 atom stereocenters. The van der Waals surface area contributed by atoms with Crippen LogP contribution in [0.3, 0.4) is 0 Å². The van der Waals surface area contributed by atoms with Crippen molar-refractivity contribution in [1.82, 2.24) is 9.88 Å². The smallest absolute Gasteiger partial charge is 0.279 e. The Morgan fingerprint density at radius 3 is 2.67 bits per heavy atom. The van der Waals surface area contributed by atoms with Gasteiger partial charge in [-0.25, -0.2) is 4.39 Å². The largest absolute Gasteiger partial charge is 0.383 e.